The second-order valence-corrected chi connectivity index (χ2v) is 10.1. The molecule has 3 aromatic rings. The Morgan fingerprint density at radius 2 is 2.00 bits per heavy atom. The molecule has 1 atom stereocenters. The van der Waals surface area contributed by atoms with E-state index < -0.39 is 10.0 Å². The monoisotopic (exact) mass is 464 g/mol. The van der Waals surface area contributed by atoms with Crippen LogP contribution in [0.25, 0.3) is 11.0 Å². The van der Waals surface area contributed by atoms with Crippen LogP contribution in [0.4, 0.5) is 0 Å². The minimum Gasteiger partial charge on any atom is -0.355 e. The number of nitrogens with one attached hydrogen (secondary N) is 1. The molecule has 7 nitrogen and oxygen atoms in total. The largest absolute Gasteiger partial charge is 0.355 e. The Balaban J connectivity index is 1.40. The van der Waals surface area contributed by atoms with Gasteiger partial charge in [-0.25, -0.2) is 8.42 Å². The van der Waals surface area contributed by atoms with Gasteiger partial charge in [0, 0.05) is 24.7 Å². The highest BCUT2D eigenvalue weighted by Crippen LogP contribution is 2.28. The predicted molar refractivity (Wildman–Crippen MR) is 117 cm³/mol. The van der Waals surface area contributed by atoms with Gasteiger partial charge in [0.1, 0.15) is 15.9 Å². The molecule has 0 bridgehead atoms. The van der Waals surface area contributed by atoms with Crippen molar-refractivity contribution in [3.8, 4) is 0 Å². The Morgan fingerprint density at radius 1 is 1.20 bits per heavy atom. The summed E-state index contributed by atoms with van der Waals surface area (Å²) in [5, 5.41) is 3.61. The smallest absolute Gasteiger partial charge is 0.245 e. The van der Waals surface area contributed by atoms with Gasteiger partial charge in [-0.15, -0.1) is 0 Å². The number of carbonyl (C=O) groups is 1. The highest BCUT2D eigenvalue weighted by Gasteiger charge is 2.34. The second-order valence-electron chi connectivity index (χ2n) is 7.26. The van der Waals surface area contributed by atoms with Crippen molar-refractivity contribution in [2.24, 2.45) is 5.92 Å². The molecule has 0 aliphatic carbocycles. The van der Waals surface area contributed by atoms with Crippen LogP contribution in [-0.4, -0.2) is 47.0 Å². The summed E-state index contributed by atoms with van der Waals surface area (Å²) in [5.41, 5.74) is 2.03. The van der Waals surface area contributed by atoms with Crippen LogP contribution in [0.15, 0.2) is 47.4 Å². The molecule has 1 aromatic heterocycles. The first-order valence-corrected chi connectivity index (χ1v) is 12.2. The van der Waals surface area contributed by atoms with Gasteiger partial charge in [-0.3, -0.25) is 4.79 Å². The molecule has 158 valence electrons. The molecular formula is C20H21ClN4O3S2. The molecule has 10 heteroatoms. The molecule has 2 heterocycles. The number of carbonyl (C=O) groups excluding carboxylic acids is 1. The van der Waals surface area contributed by atoms with E-state index in [1.165, 1.54) is 4.31 Å². The van der Waals surface area contributed by atoms with Crippen LogP contribution >= 0.6 is 23.3 Å². The molecule has 1 amide bonds. The summed E-state index contributed by atoms with van der Waals surface area (Å²) in [6, 6.07) is 12.5. The van der Waals surface area contributed by atoms with Gasteiger partial charge >= 0.3 is 0 Å². The average molecular weight is 465 g/mol. The van der Waals surface area contributed by atoms with E-state index in [0.717, 1.165) is 17.3 Å². The Kier molecular flexibility index (Phi) is 6.33. The normalized spacial score (nSPS) is 17.8. The third-order valence-electron chi connectivity index (χ3n) is 5.25. The molecule has 4 rings (SSSR count). The van der Waals surface area contributed by atoms with E-state index >= 15 is 0 Å². The summed E-state index contributed by atoms with van der Waals surface area (Å²) in [4.78, 5) is 12.8. The zero-order valence-electron chi connectivity index (χ0n) is 16.1. The van der Waals surface area contributed by atoms with Crippen molar-refractivity contribution in [3.05, 3.63) is 53.1 Å². The first-order valence-electron chi connectivity index (χ1n) is 9.69. The van der Waals surface area contributed by atoms with Gasteiger partial charge in [0.05, 0.1) is 17.6 Å². The molecule has 1 saturated heterocycles. The lowest BCUT2D eigenvalue weighted by Crippen LogP contribution is -2.45. The number of hydrogen-bond donors (Lipinski definition) is 1. The first kappa shape index (κ1) is 21.2. The lowest BCUT2D eigenvalue weighted by atomic mass is 9.99. The van der Waals surface area contributed by atoms with Gasteiger partial charge in [0.2, 0.25) is 15.9 Å². The van der Waals surface area contributed by atoms with E-state index in [1.54, 1.807) is 18.2 Å². The number of hydrogen-bond acceptors (Lipinski definition) is 6. The summed E-state index contributed by atoms with van der Waals surface area (Å²) in [5.74, 6) is -0.482. The van der Waals surface area contributed by atoms with Crippen molar-refractivity contribution in [2.45, 2.75) is 24.2 Å². The maximum absolute atomic E-state index is 13.2. The number of aromatic nitrogens is 2. The maximum Gasteiger partial charge on any atom is 0.245 e. The topological polar surface area (TPSA) is 92.3 Å². The predicted octanol–water partition coefficient (Wildman–Crippen LogP) is 3.10. The highest BCUT2D eigenvalue weighted by atomic mass is 35.5. The Labute approximate surface area is 184 Å². The molecule has 0 unspecified atom stereocenters. The highest BCUT2D eigenvalue weighted by molar-refractivity contribution is 7.89. The van der Waals surface area contributed by atoms with Crippen molar-refractivity contribution < 1.29 is 13.2 Å². The summed E-state index contributed by atoms with van der Waals surface area (Å²) in [7, 11) is -3.75. The molecule has 2 aromatic carbocycles. The van der Waals surface area contributed by atoms with E-state index in [2.05, 4.69) is 14.1 Å². The number of sulfonamides is 1. The van der Waals surface area contributed by atoms with E-state index in [4.69, 9.17) is 11.6 Å². The number of benzene rings is 2. The number of halogens is 1. The Morgan fingerprint density at radius 3 is 2.80 bits per heavy atom. The lowest BCUT2D eigenvalue weighted by Gasteiger charge is -2.31. The molecule has 1 N–H and O–H groups in total. The molecule has 0 radical (unpaired) electrons. The molecule has 1 fully saturated rings. The van der Waals surface area contributed by atoms with Crippen molar-refractivity contribution >= 4 is 50.3 Å². The maximum atomic E-state index is 13.2. The summed E-state index contributed by atoms with van der Waals surface area (Å²) in [6.45, 7) is 1.06. The molecule has 0 saturated carbocycles. The van der Waals surface area contributed by atoms with Crippen LogP contribution < -0.4 is 5.32 Å². The molecule has 1 aliphatic rings. The summed E-state index contributed by atoms with van der Waals surface area (Å²) >= 11 is 6.88. The lowest BCUT2D eigenvalue weighted by molar-refractivity contribution is -0.126. The second kappa shape index (κ2) is 8.97. The van der Waals surface area contributed by atoms with Gasteiger partial charge in [-0.05, 0) is 49.1 Å². The standard InChI is InChI=1S/C20H21ClN4O3S2/c21-16-8-6-14(7-9-16)10-11-22-20(26)15-3-2-12-25(13-15)30(27,28)18-5-1-4-17-19(18)24-29-23-17/h1,4-9,15H,2-3,10-13H2,(H,22,26)/t15-/m0/s1. The minimum atomic E-state index is -3.75. The van der Waals surface area contributed by atoms with Gasteiger partial charge in [0.25, 0.3) is 0 Å². The van der Waals surface area contributed by atoms with E-state index in [1.807, 2.05) is 24.3 Å². The van der Waals surface area contributed by atoms with Crippen LogP contribution in [0.1, 0.15) is 18.4 Å². The quantitative estimate of drug-likeness (QED) is 0.605. The van der Waals surface area contributed by atoms with Crippen LogP contribution in [0.2, 0.25) is 5.02 Å². The number of rotatable bonds is 6. The fourth-order valence-electron chi connectivity index (χ4n) is 3.63. The number of piperidine rings is 1. The average Bonchev–Trinajstić information content (AvgIpc) is 3.24. The van der Waals surface area contributed by atoms with Gasteiger partial charge in [-0.2, -0.15) is 13.1 Å². The third kappa shape index (κ3) is 4.49. The van der Waals surface area contributed by atoms with Crippen molar-refractivity contribution in [2.75, 3.05) is 19.6 Å². The number of fused-ring (bicyclic) bond motifs is 1. The number of nitrogens with zero attached hydrogens (tertiary/aromatic N) is 3. The van der Waals surface area contributed by atoms with Crippen molar-refractivity contribution in [3.63, 3.8) is 0 Å². The summed E-state index contributed by atoms with van der Waals surface area (Å²) in [6.07, 6.45) is 2.00. The minimum absolute atomic E-state index is 0.114. The zero-order valence-corrected chi connectivity index (χ0v) is 18.5. The Hall–Kier alpha value is -2.07. The van der Waals surface area contributed by atoms with Gasteiger partial charge in [-0.1, -0.05) is 29.8 Å². The van der Waals surface area contributed by atoms with Crippen molar-refractivity contribution in [1.29, 1.82) is 0 Å². The Bertz CT molecular complexity index is 1150. The molecule has 0 spiro atoms. The van der Waals surface area contributed by atoms with Crippen molar-refractivity contribution in [1.82, 2.24) is 18.4 Å². The number of amides is 1. The molecular weight excluding hydrogens is 444 g/mol. The van der Waals surface area contributed by atoms with Crippen LogP contribution in [0.3, 0.4) is 0 Å². The fraction of sp³-hybridized carbons (Fsp3) is 0.350. The van der Waals surface area contributed by atoms with E-state index in [0.29, 0.717) is 48.4 Å². The third-order valence-corrected chi connectivity index (χ3v) is 7.94. The fourth-order valence-corrected chi connectivity index (χ4v) is 6.03. The molecule has 30 heavy (non-hydrogen) atoms. The van der Waals surface area contributed by atoms with Gasteiger partial charge < -0.3 is 5.32 Å². The first-order chi connectivity index (χ1) is 14.4. The SMILES string of the molecule is O=C(NCCc1ccc(Cl)cc1)[C@H]1CCCN(S(=O)(=O)c2cccc3nsnc23)C1. The van der Waals surface area contributed by atoms with Crippen LogP contribution in [0.5, 0.6) is 0 Å². The molecule has 1 aliphatic heterocycles. The van der Waals surface area contributed by atoms with E-state index in [-0.39, 0.29) is 23.3 Å². The summed E-state index contributed by atoms with van der Waals surface area (Å²) < 4.78 is 36.1. The van der Waals surface area contributed by atoms with Crippen LogP contribution in [0, 0.1) is 5.92 Å². The van der Waals surface area contributed by atoms with Crippen LogP contribution in [-0.2, 0) is 21.2 Å². The van der Waals surface area contributed by atoms with E-state index in [9.17, 15) is 13.2 Å². The zero-order chi connectivity index (χ0) is 21.1. The van der Waals surface area contributed by atoms with Gasteiger partial charge in [0.15, 0.2) is 0 Å².